The van der Waals surface area contributed by atoms with Crippen LogP contribution in [-0.2, 0) is 4.79 Å². The largest absolute Gasteiger partial charge is 0.505 e. The topological polar surface area (TPSA) is 50.2 Å². The standard InChI is InChI=1S/C7H4F3NO2S/c8-7(9,10)5(13)3-4(12)6-11-1-2-14-6/h1-3,12H/b4-3-. The molecule has 0 radical (unpaired) electrons. The first kappa shape index (κ1) is 10.7. The van der Waals surface area contributed by atoms with Crippen LogP contribution in [0.4, 0.5) is 13.2 Å². The van der Waals surface area contributed by atoms with E-state index in [1.54, 1.807) is 0 Å². The minimum absolute atomic E-state index is 0.0254. The first-order valence-electron chi connectivity index (χ1n) is 3.33. The van der Waals surface area contributed by atoms with Gasteiger partial charge in [0.25, 0.3) is 5.78 Å². The molecule has 76 valence electrons. The normalized spacial score (nSPS) is 12.9. The molecular weight excluding hydrogens is 219 g/mol. The van der Waals surface area contributed by atoms with Crippen molar-refractivity contribution in [2.75, 3.05) is 0 Å². The highest BCUT2D eigenvalue weighted by molar-refractivity contribution is 7.10. The monoisotopic (exact) mass is 223 g/mol. The third-order valence-electron chi connectivity index (χ3n) is 1.20. The van der Waals surface area contributed by atoms with E-state index in [0.717, 1.165) is 11.3 Å². The average molecular weight is 223 g/mol. The van der Waals surface area contributed by atoms with E-state index in [-0.39, 0.29) is 11.1 Å². The Kier molecular flexibility index (Phi) is 2.90. The Morgan fingerprint density at radius 3 is 2.64 bits per heavy atom. The molecule has 0 atom stereocenters. The summed E-state index contributed by atoms with van der Waals surface area (Å²) in [6, 6.07) is 0. The summed E-state index contributed by atoms with van der Waals surface area (Å²) in [5.74, 6) is -2.88. The molecule has 0 bridgehead atoms. The number of carbonyl (C=O) groups excluding carboxylic acids is 1. The fourth-order valence-electron chi connectivity index (χ4n) is 0.618. The second kappa shape index (κ2) is 3.79. The predicted octanol–water partition coefficient (Wildman–Crippen LogP) is 2.17. The van der Waals surface area contributed by atoms with Crippen LogP contribution in [0.1, 0.15) is 5.01 Å². The molecule has 1 N–H and O–H groups in total. The number of thiazole rings is 1. The lowest BCUT2D eigenvalue weighted by atomic mass is 10.3. The van der Waals surface area contributed by atoms with Gasteiger partial charge in [0.15, 0.2) is 10.8 Å². The van der Waals surface area contributed by atoms with Crippen LogP contribution in [0.25, 0.3) is 5.76 Å². The van der Waals surface area contributed by atoms with Crippen LogP contribution in [0.3, 0.4) is 0 Å². The second-order valence-corrected chi connectivity index (χ2v) is 3.12. The number of halogens is 3. The molecule has 0 unspecified atom stereocenters. The summed E-state index contributed by atoms with van der Waals surface area (Å²) in [5, 5.41) is 10.5. The Labute approximate surface area is 80.5 Å². The highest BCUT2D eigenvalue weighted by Gasteiger charge is 2.37. The van der Waals surface area contributed by atoms with Crippen molar-refractivity contribution < 1.29 is 23.1 Å². The van der Waals surface area contributed by atoms with Crippen molar-refractivity contribution in [3.63, 3.8) is 0 Å². The zero-order chi connectivity index (χ0) is 10.8. The number of allylic oxidation sites excluding steroid dienone is 1. The van der Waals surface area contributed by atoms with Gasteiger partial charge < -0.3 is 5.11 Å². The van der Waals surface area contributed by atoms with Gasteiger partial charge >= 0.3 is 6.18 Å². The average Bonchev–Trinajstić information content (AvgIpc) is 2.53. The number of nitrogens with zero attached hydrogens (tertiary/aromatic N) is 1. The molecule has 0 saturated heterocycles. The number of alkyl halides is 3. The summed E-state index contributed by atoms with van der Waals surface area (Å²) >= 11 is 0.935. The number of hydrogen-bond acceptors (Lipinski definition) is 4. The predicted molar refractivity (Wildman–Crippen MR) is 43.8 cm³/mol. The van der Waals surface area contributed by atoms with Crippen molar-refractivity contribution in [1.82, 2.24) is 4.98 Å². The molecule has 1 aromatic rings. The molecule has 0 aromatic carbocycles. The Bertz CT molecular complexity index is 356. The summed E-state index contributed by atoms with van der Waals surface area (Å²) in [4.78, 5) is 13.9. The van der Waals surface area contributed by atoms with E-state index < -0.39 is 17.7 Å². The van der Waals surface area contributed by atoms with Crippen molar-refractivity contribution in [3.8, 4) is 0 Å². The Morgan fingerprint density at radius 1 is 1.57 bits per heavy atom. The first-order chi connectivity index (χ1) is 6.41. The fourth-order valence-corrected chi connectivity index (χ4v) is 1.17. The van der Waals surface area contributed by atoms with Gasteiger partial charge in [-0.2, -0.15) is 13.2 Å². The van der Waals surface area contributed by atoms with E-state index in [0.29, 0.717) is 0 Å². The summed E-state index contributed by atoms with van der Waals surface area (Å²) in [5.41, 5.74) is 0. The van der Waals surface area contributed by atoms with E-state index >= 15 is 0 Å². The Hall–Kier alpha value is -1.37. The van der Waals surface area contributed by atoms with E-state index in [1.165, 1.54) is 11.6 Å². The van der Waals surface area contributed by atoms with Crippen molar-refractivity contribution in [2.45, 2.75) is 6.18 Å². The van der Waals surface area contributed by atoms with Crippen LogP contribution in [0.2, 0.25) is 0 Å². The molecule has 0 aliphatic carbocycles. The quantitative estimate of drug-likeness (QED) is 0.617. The van der Waals surface area contributed by atoms with Crippen molar-refractivity contribution in [2.24, 2.45) is 0 Å². The van der Waals surface area contributed by atoms with E-state index in [9.17, 15) is 18.0 Å². The molecule has 0 spiro atoms. The molecule has 7 heteroatoms. The third kappa shape index (κ3) is 2.56. The van der Waals surface area contributed by atoms with E-state index in [4.69, 9.17) is 5.11 Å². The van der Waals surface area contributed by atoms with Gasteiger partial charge in [-0.3, -0.25) is 4.79 Å². The number of ketones is 1. The smallest absolute Gasteiger partial charge is 0.454 e. The van der Waals surface area contributed by atoms with Gasteiger partial charge in [-0.15, -0.1) is 11.3 Å². The maximum Gasteiger partial charge on any atom is 0.454 e. The Morgan fingerprint density at radius 2 is 2.21 bits per heavy atom. The number of aliphatic hydroxyl groups excluding tert-OH is 1. The summed E-state index contributed by atoms with van der Waals surface area (Å²) < 4.78 is 35.2. The number of carbonyl (C=O) groups is 1. The molecule has 1 rings (SSSR count). The lowest BCUT2D eigenvalue weighted by Crippen LogP contribution is -2.20. The summed E-state index contributed by atoms with van der Waals surface area (Å²) in [6.45, 7) is 0. The third-order valence-corrected chi connectivity index (χ3v) is 1.99. The van der Waals surface area contributed by atoms with Crippen LogP contribution in [0.5, 0.6) is 0 Å². The highest BCUT2D eigenvalue weighted by Crippen LogP contribution is 2.20. The molecule has 0 fully saturated rings. The number of aliphatic hydroxyl groups is 1. The number of hydrogen-bond donors (Lipinski definition) is 1. The fraction of sp³-hybridized carbons (Fsp3) is 0.143. The van der Waals surface area contributed by atoms with Crippen LogP contribution >= 0.6 is 11.3 Å². The second-order valence-electron chi connectivity index (χ2n) is 2.23. The molecule has 0 aliphatic heterocycles. The van der Waals surface area contributed by atoms with E-state index in [1.807, 2.05) is 0 Å². The lowest BCUT2D eigenvalue weighted by Gasteiger charge is -2.00. The maximum atomic E-state index is 11.7. The maximum absolute atomic E-state index is 11.7. The molecule has 1 aromatic heterocycles. The minimum atomic E-state index is -4.97. The van der Waals surface area contributed by atoms with Gasteiger partial charge in [0.2, 0.25) is 0 Å². The van der Waals surface area contributed by atoms with Gasteiger partial charge in [0, 0.05) is 17.7 Å². The van der Waals surface area contributed by atoms with Gasteiger partial charge in [0.1, 0.15) is 0 Å². The number of aromatic nitrogens is 1. The minimum Gasteiger partial charge on any atom is -0.505 e. The summed E-state index contributed by atoms with van der Waals surface area (Å²) in [7, 11) is 0. The van der Waals surface area contributed by atoms with Crippen LogP contribution in [0, 0.1) is 0 Å². The van der Waals surface area contributed by atoms with Crippen molar-refractivity contribution in [1.29, 1.82) is 0 Å². The van der Waals surface area contributed by atoms with Crippen molar-refractivity contribution in [3.05, 3.63) is 22.7 Å². The van der Waals surface area contributed by atoms with E-state index in [2.05, 4.69) is 4.98 Å². The molecule has 0 saturated carbocycles. The highest BCUT2D eigenvalue weighted by atomic mass is 32.1. The molecule has 3 nitrogen and oxygen atoms in total. The van der Waals surface area contributed by atoms with Crippen molar-refractivity contribution >= 4 is 22.9 Å². The van der Waals surface area contributed by atoms with Gasteiger partial charge in [-0.25, -0.2) is 4.98 Å². The van der Waals surface area contributed by atoms with Crippen LogP contribution < -0.4 is 0 Å². The number of rotatable bonds is 2. The Balaban J connectivity index is 2.85. The zero-order valence-corrected chi connectivity index (χ0v) is 7.39. The van der Waals surface area contributed by atoms with Crippen LogP contribution in [0.15, 0.2) is 17.7 Å². The van der Waals surface area contributed by atoms with Crippen LogP contribution in [-0.4, -0.2) is 22.1 Å². The lowest BCUT2D eigenvalue weighted by molar-refractivity contribution is -0.165. The molecule has 1 heterocycles. The summed E-state index contributed by atoms with van der Waals surface area (Å²) in [6.07, 6.45) is -3.55. The zero-order valence-electron chi connectivity index (χ0n) is 6.58. The van der Waals surface area contributed by atoms with Gasteiger partial charge in [-0.05, 0) is 0 Å². The molecule has 14 heavy (non-hydrogen) atoms. The molecular formula is C7H4F3NO2S. The SMILES string of the molecule is O=C(/C=C(\O)c1nccs1)C(F)(F)F. The van der Waals surface area contributed by atoms with Gasteiger partial charge in [0.05, 0.1) is 0 Å². The first-order valence-corrected chi connectivity index (χ1v) is 4.21. The molecule has 0 amide bonds. The molecule has 0 aliphatic rings. The van der Waals surface area contributed by atoms with Gasteiger partial charge in [-0.1, -0.05) is 0 Å².